The fourth-order valence-corrected chi connectivity index (χ4v) is 3.46. The van der Waals surface area contributed by atoms with Gasteiger partial charge in [0.1, 0.15) is 6.54 Å². The Kier molecular flexibility index (Phi) is 4.77. The van der Waals surface area contributed by atoms with Crippen molar-refractivity contribution in [1.29, 1.82) is 0 Å². The predicted octanol–water partition coefficient (Wildman–Crippen LogP) is 0.248. The normalized spacial score (nSPS) is 23.5. The van der Waals surface area contributed by atoms with Gasteiger partial charge < -0.3 is 10.2 Å². The maximum absolute atomic E-state index is 13.8. The lowest BCUT2D eigenvalue weighted by Crippen LogP contribution is -2.63. The van der Waals surface area contributed by atoms with Gasteiger partial charge in [0.2, 0.25) is 11.8 Å². The molecule has 0 spiro atoms. The molecule has 1 atom stereocenters. The second kappa shape index (κ2) is 6.70. The summed E-state index contributed by atoms with van der Waals surface area (Å²) in [4.78, 5) is 26.7. The highest BCUT2D eigenvalue weighted by Gasteiger charge is 2.50. The van der Waals surface area contributed by atoms with Crippen molar-refractivity contribution in [2.45, 2.75) is 44.8 Å². The predicted molar refractivity (Wildman–Crippen MR) is 86.1 cm³/mol. The zero-order valence-electron chi connectivity index (χ0n) is 14.4. The average Bonchev–Trinajstić information content (AvgIpc) is 2.98. The highest BCUT2D eigenvalue weighted by Crippen LogP contribution is 2.35. The third kappa shape index (κ3) is 4.15. The van der Waals surface area contributed by atoms with E-state index in [2.05, 4.69) is 10.4 Å². The number of aryl methyl sites for hydroxylation is 1. The van der Waals surface area contributed by atoms with E-state index < -0.39 is 12.0 Å². The molecule has 0 bridgehead atoms. The number of amides is 2. The SMILES string of the molecule is CC(=O)NC[C@@H]1CC(F)(F)CN1C1CN(C(=O)Cn2cc(C)cn2)C1. The Morgan fingerprint density at radius 2 is 2.12 bits per heavy atom. The van der Waals surface area contributed by atoms with E-state index in [9.17, 15) is 18.4 Å². The molecule has 0 aliphatic carbocycles. The van der Waals surface area contributed by atoms with Crippen LogP contribution in [0.1, 0.15) is 18.9 Å². The van der Waals surface area contributed by atoms with Gasteiger partial charge in [-0.3, -0.25) is 19.2 Å². The van der Waals surface area contributed by atoms with Gasteiger partial charge in [0.15, 0.2) is 0 Å². The number of nitrogens with one attached hydrogen (secondary N) is 1. The standard InChI is InChI=1S/C16H23F2N5O2/c1-11-4-20-22(6-11)9-15(25)21-7-14(8-21)23-10-16(17,18)3-13(23)5-19-12(2)24/h4,6,13-14H,3,5,7-10H2,1-2H3,(H,19,24)/t13-/m0/s1. The van der Waals surface area contributed by atoms with Crippen molar-refractivity contribution in [2.75, 3.05) is 26.2 Å². The maximum atomic E-state index is 13.8. The van der Waals surface area contributed by atoms with Crippen molar-refractivity contribution in [3.63, 3.8) is 0 Å². The van der Waals surface area contributed by atoms with Gasteiger partial charge >= 0.3 is 0 Å². The Morgan fingerprint density at radius 3 is 2.72 bits per heavy atom. The molecule has 2 amide bonds. The second-order valence-corrected chi connectivity index (χ2v) is 6.99. The summed E-state index contributed by atoms with van der Waals surface area (Å²) in [5.74, 6) is -3.04. The summed E-state index contributed by atoms with van der Waals surface area (Å²) in [7, 11) is 0. The van der Waals surface area contributed by atoms with Gasteiger partial charge in [0.25, 0.3) is 5.92 Å². The summed E-state index contributed by atoms with van der Waals surface area (Å²) < 4.78 is 29.2. The number of halogens is 2. The summed E-state index contributed by atoms with van der Waals surface area (Å²) in [6.45, 7) is 4.20. The topological polar surface area (TPSA) is 70.5 Å². The van der Waals surface area contributed by atoms with Crippen molar-refractivity contribution >= 4 is 11.8 Å². The fraction of sp³-hybridized carbons (Fsp3) is 0.688. The van der Waals surface area contributed by atoms with Crippen LogP contribution in [0.2, 0.25) is 0 Å². The number of rotatable bonds is 5. The van der Waals surface area contributed by atoms with E-state index in [1.807, 2.05) is 6.92 Å². The number of carbonyl (C=O) groups is 2. The zero-order valence-corrected chi connectivity index (χ0v) is 14.4. The molecule has 2 fully saturated rings. The summed E-state index contributed by atoms with van der Waals surface area (Å²) in [5, 5.41) is 6.71. The summed E-state index contributed by atoms with van der Waals surface area (Å²) in [5.41, 5.74) is 0.981. The number of carbonyl (C=O) groups excluding carboxylic acids is 2. The van der Waals surface area contributed by atoms with Crippen LogP contribution in [0, 0.1) is 6.92 Å². The van der Waals surface area contributed by atoms with Gasteiger partial charge in [-0.15, -0.1) is 0 Å². The Hall–Kier alpha value is -2.03. The van der Waals surface area contributed by atoms with E-state index in [-0.39, 0.29) is 43.9 Å². The number of aromatic nitrogens is 2. The Balaban J connectivity index is 1.53. The fourth-order valence-electron chi connectivity index (χ4n) is 3.46. The summed E-state index contributed by atoms with van der Waals surface area (Å²) in [6.07, 6.45) is 3.22. The minimum Gasteiger partial charge on any atom is -0.355 e. The lowest BCUT2D eigenvalue weighted by atomic mass is 10.1. The van der Waals surface area contributed by atoms with Crippen LogP contribution in [0.15, 0.2) is 12.4 Å². The van der Waals surface area contributed by atoms with Gasteiger partial charge in [-0.25, -0.2) is 8.78 Å². The van der Waals surface area contributed by atoms with Crippen LogP contribution in [-0.4, -0.2) is 75.6 Å². The average molecular weight is 355 g/mol. The Labute approximate surface area is 144 Å². The molecule has 3 heterocycles. The van der Waals surface area contributed by atoms with Crippen molar-refractivity contribution in [3.8, 4) is 0 Å². The molecular formula is C16H23F2N5O2. The molecule has 0 radical (unpaired) electrons. The highest BCUT2D eigenvalue weighted by atomic mass is 19.3. The number of likely N-dealkylation sites (tertiary alicyclic amines) is 2. The molecule has 1 aromatic rings. The number of hydrogen-bond donors (Lipinski definition) is 1. The molecule has 9 heteroatoms. The molecule has 138 valence electrons. The van der Waals surface area contributed by atoms with Crippen LogP contribution in [-0.2, 0) is 16.1 Å². The lowest BCUT2D eigenvalue weighted by Gasteiger charge is -2.45. The van der Waals surface area contributed by atoms with Crippen molar-refractivity contribution in [3.05, 3.63) is 18.0 Å². The first-order valence-electron chi connectivity index (χ1n) is 8.38. The number of hydrogen-bond acceptors (Lipinski definition) is 4. The number of nitrogens with zero attached hydrogens (tertiary/aromatic N) is 4. The van der Waals surface area contributed by atoms with E-state index in [0.717, 1.165) is 5.56 Å². The summed E-state index contributed by atoms with van der Waals surface area (Å²) >= 11 is 0. The minimum atomic E-state index is -2.75. The first-order chi connectivity index (χ1) is 11.7. The quantitative estimate of drug-likeness (QED) is 0.822. The molecule has 7 nitrogen and oxygen atoms in total. The van der Waals surface area contributed by atoms with Crippen molar-refractivity contribution in [1.82, 2.24) is 24.9 Å². The Morgan fingerprint density at radius 1 is 1.40 bits per heavy atom. The Bertz CT molecular complexity index is 657. The van der Waals surface area contributed by atoms with E-state index in [1.54, 1.807) is 26.9 Å². The van der Waals surface area contributed by atoms with Crippen molar-refractivity contribution in [2.24, 2.45) is 0 Å². The second-order valence-electron chi connectivity index (χ2n) is 6.99. The van der Waals surface area contributed by atoms with E-state index in [4.69, 9.17) is 0 Å². The van der Waals surface area contributed by atoms with E-state index >= 15 is 0 Å². The first-order valence-corrected chi connectivity index (χ1v) is 8.38. The molecule has 1 aromatic heterocycles. The zero-order chi connectivity index (χ0) is 18.2. The molecule has 2 aliphatic heterocycles. The molecule has 1 N–H and O–H groups in total. The van der Waals surface area contributed by atoms with Gasteiger partial charge in [0.05, 0.1) is 12.7 Å². The van der Waals surface area contributed by atoms with Gasteiger partial charge in [0, 0.05) is 51.3 Å². The van der Waals surface area contributed by atoms with E-state index in [1.165, 1.54) is 6.92 Å². The van der Waals surface area contributed by atoms with Crippen LogP contribution >= 0.6 is 0 Å². The number of alkyl halides is 2. The van der Waals surface area contributed by atoms with Gasteiger partial charge in [-0.05, 0) is 12.5 Å². The monoisotopic (exact) mass is 355 g/mol. The van der Waals surface area contributed by atoms with Crippen LogP contribution in [0.5, 0.6) is 0 Å². The molecule has 2 aliphatic rings. The van der Waals surface area contributed by atoms with Crippen LogP contribution in [0.4, 0.5) is 8.78 Å². The van der Waals surface area contributed by atoms with Crippen LogP contribution < -0.4 is 5.32 Å². The molecule has 25 heavy (non-hydrogen) atoms. The molecule has 0 unspecified atom stereocenters. The molecule has 3 rings (SSSR count). The van der Waals surface area contributed by atoms with Gasteiger partial charge in [-0.2, -0.15) is 5.10 Å². The first kappa shape index (κ1) is 17.8. The third-order valence-corrected chi connectivity index (χ3v) is 4.75. The minimum absolute atomic E-state index is 0.0660. The maximum Gasteiger partial charge on any atom is 0.262 e. The molecule has 0 saturated carbocycles. The lowest BCUT2D eigenvalue weighted by molar-refractivity contribution is -0.140. The third-order valence-electron chi connectivity index (χ3n) is 4.75. The van der Waals surface area contributed by atoms with E-state index in [0.29, 0.717) is 13.1 Å². The molecular weight excluding hydrogens is 332 g/mol. The van der Waals surface area contributed by atoms with Crippen LogP contribution in [0.3, 0.4) is 0 Å². The van der Waals surface area contributed by atoms with Crippen LogP contribution in [0.25, 0.3) is 0 Å². The van der Waals surface area contributed by atoms with Crippen molar-refractivity contribution < 1.29 is 18.4 Å². The smallest absolute Gasteiger partial charge is 0.262 e. The molecule has 0 aromatic carbocycles. The highest BCUT2D eigenvalue weighted by molar-refractivity contribution is 5.77. The molecule has 2 saturated heterocycles. The largest absolute Gasteiger partial charge is 0.355 e. The summed E-state index contributed by atoms with van der Waals surface area (Å²) in [6, 6.07) is -0.481. The van der Waals surface area contributed by atoms with Gasteiger partial charge in [-0.1, -0.05) is 0 Å².